The topological polar surface area (TPSA) is 38.0 Å². The standard InChI is InChI=1S/C10H12BrClN2S/c1-2-3-4-14-8(6-13)9-5-7(11)10(12)15-9/h1,5,8,14H,3-4,6,13H2. The molecule has 0 spiro atoms. The lowest BCUT2D eigenvalue weighted by Crippen LogP contribution is -2.28. The highest BCUT2D eigenvalue weighted by molar-refractivity contribution is 9.10. The van der Waals surface area contributed by atoms with Crippen molar-refractivity contribution in [1.82, 2.24) is 5.32 Å². The van der Waals surface area contributed by atoms with Gasteiger partial charge in [-0.3, -0.25) is 0 Å². The molecule has 1 atom stereocenters. The maximum Gasteiger partial charge on any atom is 0.107 e. The summed E-state index contributed by atoms with van der Waals surface area (Å²) in [5, 5.41) is 3.29. The molecule has 0 saturated carbocycles. The maximum atomic E-state index is 5.96. The van der Waals surface area contributed by atoms with E-state index in [1.165, 1.54) is 11.3 Å². The molecule has 5 heteroatoms. The van der Waals surface area contributed by atoms with Gasteiger partial charge in [-0.05, 0) is 22.0 Å². The quantitative estimate of drug-likeness (QED) is 0.648. The zero-order chi connectivity index (χ0) is 11.3. The van der Waals surface area contributed by atoms with Crippen molar-refractivity contribution in [2.75, 3.05) is 13.1 Å². The van der Waals surface area contributed by atoms with E-state index in [2.05, 4.69) is 27.2 Å². The van der Waals surface area contributed by atoms with Crippen LogP contribution in [-0.2, 0) is 0 Å². The van der Waals surface area contributed by atoms with Crippen molar-refractivity contribution >= 4 is 38.9 Å². The predicted octanol–water partition coefficient (Wildman–Crippen LogP) is 2.78. The van der Waals surface area contributed by atoms with Gasteiger partial charge >= 0.3 is 0 Å². The second-order valence-corrected chi connectivity index (χ2v) is 5.51. The van der Waals surface area contributed by atoms with Crippen LogP contribution in [0, 0.1) is 12.3 Å². The van der Waals surface area contributed by atoms with E-state index < -0.39 is 0 Å². The van der Waals surface area contributed by atoms with Crippen LogP contribution in [0.15, 0.2) is 10.5 Å². The molecule has 0 amide bonds. The van der Waals surface area contributed by atoms with Crippen molar-refractivity contribution in [3.05, 3.63) is 19.8 Å². The lowest BCUT2D eigenvalue weighted by molar-refractivity contribution is 0.558. The summed E-state index contributed by atoms with van der Waals surface area (Å²) in [6.07, 6.45) is 5.88. The van der Waals surface area contributed by atoms with Crippen molar-refractivity contribution in [3.63, 3.8) is 0 Å². The highest BCUT2D eigenvalue weighted by Gasteiger charge is 2.13. The molecule has 0 saturated heterocycles. The minimum absolute atomic E-state index is 0.132. The molecule has 0 bridgehead atoms. The number of rotatable bonds is 5. The number of halogens is 2. The van der Waals surface area contributed by atoms with Crippen LogP contribution in [0.1, 0.15) is 17.3 Å². The van der Waals surface area contributed by atoms with Crippen molar-refractivity contribution < 1.29 is 0 Å². The monoisotopic (exact) mass is 306 g/mol. The summed E-state index contributed by atoms with van der Waals surface area (Å²) in [4.78, 5) is 1.13. The van der Waals surface area contributed by atoms with Gasteiger partial charge in [0.2, 0.25) is 0 Å². The second kappa shape index (κ2) is 6.51. The molecule has 1 rings (SSSR count). The Balaban J connectivity index is 2.62. The van der Waals surface area contributed by atoms with Gasteiger partial charge in [-0.1, -0.05) is 11.6 Å². The van der Waals surface area contributed by atoms with Crippen LogP contribution in [-0.4, -0.2) is 13.1 Å². The zero-order valence-electron chi connectivity index (χ0n) is 8.09. The SMILES string of the molecule is C#CCCNC(CN)c1cc(Br)c(Cl)s1. The Morgan fingerprint density at radius 1 is 1.73 bits per heavy atom. The summed E-state index contributed by atoms with van der Waals surface area (Å²) >= 11 is 10.9. The molecular weight excluding hydrogens is 296 g/mol. The third-order valence-electron chi connectivity index (χ3n) is 1.90. The van der Waals surface area contributed by atoms with E-state index in [0.717, 1.165) is 20.2 Å². The minimum atomic E-state index is 0.132. The molecule has 3 N–H and O–H groups in total. The Labute approximate surface area is 107 Å². The number of hydrogen-bond acceptors (Lipinski definition) is 3. The van der Waals surface area contributed by atoms with Crippen LogP contribution in [0.3, 0.4) is 0 Å². The van der Waals surface area contributed by atoms with Gasteiger partial charge in [-0.25, -0.2) is 0 Å². The molecule has 0 aliphatic heterocycles. The molecule has 1 aromatic heterocycles. The molecule has 82 valence electrons. The second-order valence-electron chi connectivity index (χ2n) is 2.97. The van der Waals surface area contributed by atoms with Crippen molar-refractivity contribution in [3.8, 4) is 12.3 Å². The van der Waals surface area contributed by atoms with E-state index in [1.807, 2.05) is 6.07 Å². The molecule has 1 unspecified atom stereocenters. The van der Waals surface area contributed by atoms with E-state index in [9.17, 15) is 0 Å². The lowest BCUT2D eigenvalue weighted by atomic mass is 10.2. The largest absolute Gasteiger partial charge is 0.329 e. The Hall–Kier alpha value is -0.0500. The first-order valence-electron chi connectivity index (χ1n) is 4.50. The van der Waals surface area contributed by atoms with Crippen LogP contribution in [0.5, 0.6) is 0 Å². The van der Waals surface area contributed by atoms with Crippen LogP contribution in [0.25, 0.3) is 0 Å². The number of nitrogens with one attached hydrogen (secondary N) is 1. The predicted molar refractivity (Wildman–Crippen MR) is 70.3 cm³/mol. The van der Waals surface area contributed by atoms with E-state index >= 15 is 0 Å². The maximum absolute atomic E-state index is 5.96. The Morgan fingerprint density at radius 2 is 2.47 bits per heavy atom. The molecule has 15 heavy (non-hydrogen) atoms. The van der Waals surface area contributed by atoms with Gasteiger partial charge < -0.3 is 11.1 Å². The molecule has 0 radical (unpaired) electrons. The molecular formula is C10H12BrClN2S. The molecule has 0 aliphatic carbocycles. The third kappa shape index (κ3) is 3.78. The average molecular weight is 308 g/mol. The molecule has 0 aliphatic rings. The van der Waals surface area contributed by atoms with Crippen LogP contribution in [0.2, 0.25) is 4.34 Å². The normalized spacial score (nSPS) is 12.4. The average Bonchev–Trinajstić information content (AvgIpc) is 2.54. The van der Waals surface area contributed by atoms with Gasteiger partial charge in [0.1, 0.15) is 4.34 Å². The summed E-state index contributed by atoms with van der Waals surface area (Å²) in [6.45, 7) is 1.30. The van der Waals surface area contributed by atoms with Gasteiger partial charge in [0.25, 0.3) is 0 Å². The fourth-order valence-electron chi connectivity index (χ4n) is 1.15. The first kappa shape index (κ1) is 13.0. The molecule has 1 heterocycles. The molecule has 1 aromatic rings. The lowest BCUT2D eigenvalue weighted by Gasteiger charge is -2.13. The summed E-state index contributed by atoms with van der Waals surface area (Å²) in [5.41, 5.74) is 5.68. The van der Waals surface area contributed by atoms with Gasteiger partial charge in [-0.2, -0.15) is 0 Å². The Bertz CT molecular complexity index is 339. The number of hydrogen-bond donors (Lipinski definition) is 2. The molecule has 0 fully saturated rings. The Kier molecular flexibility index (Phi) is 5.65. The highest BCUT2D eigenvalue weighted by atomic mass is 79.9. The summed E-state index contributed by atoms with van der Waals surface area (Å²) in [6, 6.07) is 2.13. The van der Waals surface area contributed by atoms with E-state index in [1.54, 1.807) is 0 Å². The van der Waals surface area contributed by atoms with Crippen LogP contribution in [0.4, 0.5) is 0 Å². The van der Waals surface area contributed by atoms with Gasteiger partial charge in [0.05, 0.1) is 6.04 Å². The van der Waals surface area contributed by atoms with Crippen LogP contribution < -0.4 is 11.1 Å². The van der Waals surface area contributed by atoms with E-state index in [0.29, 0.717) is 13.0 Å². The fraction of sp³-hybridized carbons (Fsp3) is 0.400. The number of terminal acetylenes is 1. The smallest absolute Gasteiger partial charge is 0.107 e. The van der Waals surface area contributed by atoms with Crippen molar-refractivity contribution in [1.29, 1.82) is 0 Å². The first-order valence-corrected chi connectivity index (χ1v) is 6.49. The van der Waals surface area contributed by atoms with E-state index in [-0.39, 0.29) is 6.04 Å². The third-order valence-corrected chi connectivity index (χ3v) is 4.49. The minimum Gasteiger partial charge on any atom is -0.329 e. The number of thiophene rings is 1. The molecule has 2 nitrogen and oxygen atoms in total. The number of nitrogens with two attached hydrogens (primary N) is 1. The van der Waals surface area contributed by atoms with Gasteiger partial charge in [-0.15, -0.1) is 23.7 Å². The summed E-state index contributed by atoms with van der Waals surface area (Å²) < 4.78 is 1.67. The zero-order valence-corrected chi connectivity index (χ0v) is 11.3. The van der Waals surface area contributed by atoms with Crippen LogP contribution >= 0.6 is 38.9 Å². The highest BCUT2D eigenvalue weighted by Crippen LogP contribution is 2.34. The summed E-state index contributed by atoms with van der Waals surface area (Å²) in [5.74, 6) is 2.58. The fourth-order valence-corrected chi connectivity index (χ4v) is 2.98. The summed E-state index contributed by atoms with van der Waals surface area (Å²) in [7, 11) is 0. The first-order chi connectivity index (χ1) is 7.19. The van der Waals surface area contributed by atoms with E-state index in [4.69, 9.17) is 23.8 Å². The Morgan fingerprint density at radius 3 is 2.93 bits per heavy atom. The van der Waals surface area contributed by atoms with Crippen molar-refractivity contribution in [2.24, 2.45) is 5.73 Å². The molecule has 0 aromatic carbocycles. The van der Waals surface area contributed by atoms with Gasteiger partial charge in [0.15, 0.2) is 0 Å². The van der Waals surface area contributed by atoms with Crippen molar-refractivity contribution in [2.45, 2.75) is 12.5 Å². The van der Waals surface area contributed by atoms with Gasteiger partial charge in [0, 0.05) is 28.9 Å².